The summed E-state index contributed by atoms with van der Waals surface area (Å²) in [5, 5.41) is 0. The average molecular weight is 135 g/mol. The summed E-state index contributed by atoms with van der Waals surface area (Å²) < 4.78 is 22.9. The maximum Gasteiger partial charge on any atom is 0.0955 e. The Hall–Kier alpha value is -1.31. The van der Waals surface area contributed by atoms with Crippen LogP contribution in [0.2, 0.25) is 0 Å². The van der Waals surface area contributed by atoms with Crippen LogP contribution in [0, 0.1) is 0 Å². The molecule has 1 aromatic carbocycles. The third-order valence-corrected chi connectivity index (χ3v) is 1.45. The van der Waals surface area contributed by atoms with Crippen molar-refractivity contribution < 1.29 is 4.11 Å². The minimum absolute atomic E-state index is 0.641. The van der Waals surface area contributed by atoms with Crippen molar-refractivity contribution in [2.24, 2.45) is 6.98 Å². The van der Waals surface area contributed by atoms with Crippen molar-refractivity contribution in [1.29, 1.82) is 0 Å². The smallest absolute Gasteiger partial charge is 0.0955 e. The van der Waals surface area contributed by atoms with Gasteiger partial charge in [0.05, 0.1) is 17.4 Å². The SMILES string of the molecule is [2H]C([2H])([2H])n1cnc2ccccc21. The van der Waals surface area contributed by atoms with Crippen molar-refractivity contribution in [3.63, 3.8) is 0 Å². The zero-order valence-corrected chi connectivity index (χ0v) is 5.28. The average Bonchev–Trinajstić information content (AvgIpc) is 2.45. The molecule has 0 N–H and O–H groups in total. The van der Waals surface area contributed by atoms with Crippen molar-refractivity contribution in [2.75, 3.05) is 0 Å². The van der Waals surface area contributed by atoms with E-state index < -0.39 is 6.98 Å². The van der Waals surface area contributed by atoms with Crippen LogP contribution < -0.4 is 0 Å². The van der Waals surface area contributed by atoms with Crippen LogP contribution in [0.1, 0.15) is 4.11 Å². The fourth-order valence-corrected chi connectivity index (χ4v) is 0.959. The molecule has 0 unspecified atom stereocenters. The molecule has 50 valence electrons. The van der Waals surface area contributed by atoms with Gasteiger partial charge in [0.25, 0.3) is 0 Å². The quantitative estimate of drug-likeness (QED) is 0.536. The lowest BCUT2D eigenvalue weighted by molar-refractivity contribution is 0.948. The molecule has 10 heavy (non-hydrogen) atoms. The first-order chi connectivity index (χ1) is 6.09. The Labute approximate surface area is 63.3 Å². The molecule has 0 aliphatic carbocycles. The van der Waals surface area contributed by atoms with E-state index in [9.17, 15) is 0 Å². The molecule has 0 aliphatic rings. The molecule has 0 amide bonds. The molecular weight excluding hydrogens is 124 g/mol. The molecule has 0 spiro atoms. The number of nitrogens with zero attached hydrogens (tertiary/aromatic N) is 2. The van der Waals surface area contributed by atoms with Crippen molar-refractivity contribution in [1.82, 2.24) is 9.55 Å². The fourth-order valence-electron chi connectivity index (χ4n) is 0.959. The molecule has 1 heterocycles. The number of aromatic nitrogens is 2. The summed E-state index contributed by atoms with van der Waals surface area (Å²) >= 11 is 0. The monoisotopic (exact) mass is 135 g/mol. The maximum atomic E-state index is 7.23. The van der Waals surface area contributed by atoms with E-state index in [4.69, 9.17) is 4.11 Å². The molecule has 2 nitrogen and oxygen atoms in total. The van der Waals surface area contributed by atoms with E-state index >= 15 is 0 Å². The number of benzene rings is 1. The lowest BCUT2D eigenvalue weighted by atomic mass is 10.3. The third-order valence-electron chi connectivity index (χ3n) is 1.45. The van der Waals surface area contributed by atoms with E-state index in [0.717, 1.165) is 0 Å². The Balaban J connectivity index is 2.72. The Morgan fingerprint density at radius 1 is 1.50 bits per heavy atom. The molecule has 0 atom stereocenters. The van der Waals surface area contributed by atoms with Crippen LogP contribution >= 0.6 is 0 Å². The minimum Gasteiger partial charge on any atom is -0.334 e. The highest BCUT2D eigenvalue weighted by molar-refractivity contribution is 5.74. The number of rotatable bonds is 0. The van der Waals surface area contributed by atoms with Gasteiger partial charge in [-0.2, -0.15) is 0 Å². The molecule has 2 rings (SSSR count). The maximum absolute atomic E-state index is 7.23. The number of para-hydroxylation sites is 2. The Bertz CT molecular complexity index is 430. The van der Waals surface area contributed by atoms with Gasteiger partial charge in [-0.15, -0.1) is 0 Å². The summed E-state index contributed by atoms with van der Waals surface area (Å²) in [6.07, 6.45) is 1.34. The number of imidazole rings is 1. The summed E-state index contributed by atoms with van der Waals surface area (Å²) in [5.74, 6) is 0. The van der Waals surface area contributed by atoms with Gasteiger partial charge in [0.2, 0.25) is 0 Å². The molecule has 0 aliphatic heterocycles. The molecule has 0 bridgehead atoms. The normalized spacial score (nSPS) is 16.2. The molecule has 0 saturated carbocycles. The molecule has 2 heteroatoms. The predicted molar refractivity (Wildman–Crippen MR) is 40.7 cm³/mol. The third kappa shape index (κ3) is 0.620. The van der Waals surface area contributed by atoms with Gasteiger partial charge in [-0.25, -0.2) is 4.98 Å². The zero-order valence-electron chi connectivity index (χ0n) is 8.28. The topological polar surface area (TPSA) is 17.8 Å². The molecule has 2 aromatic rings. The first-order valence-electron chi connectivity index (χ1n) is 4.51. The Morgan fingerprint density at radius 2 is 2.40 bits per heavy atom. The molecular formula is C8H8N2. The van der Waals surface area contributed by atoms with Crippen molar-refractivity contribution >= 4 is 11.0 Å². The second-order valence-electron chi connectivity index (χ2n) is 2.10. The highest BCUT2D eigenvalue weighted by atomic mass is 15.0. The van der Waals surface area contributed by atoms with Crippen molar-refractivity contribution in [3.05, 3.63) is 30.6 Å². The summed E-state index contributed by atoms with van der Waals surface area (Å²) in [4.78, 5) is 3.99. The van der Waals surface area contributed by atoms with Gasteiger partial charge < -0.3 is 4.57 Å². The minimum atomic E-state index is -2.14. The lowest BCUT2D eigenvalue weighted by Crippen LogP contribution is -1.81. The van der Waals surface area contributed by atoms with Crippen LogP contribution in [0.5, 0.6) is 0 Å². The van der Waals surface area contributed by atoms with Crippen LogP contribution in [-0.2, 0) is 6.98 Å². The highest BCUT2D eigenvalue weighted by Crippen LogP contribution is 2.08. The summed E-state index contributed by atoms with van der Waals surface area (Å²) in [5.41, 5.74) is 1.35. The Morgan fingerprint density at radius 3 is 3.30 bits per heavy atom. The van der Waals surface area contributed by atoms with E-state index in [-0.39, 0.29) is 0 Å². The van der Waals surface area contributed by atoms with Gasteiger partial charge >= 0.3 is 0 Å². The second kappa shape index (κ2) is 1.84. The standard InChI is InChI=1S/C8H8N2/c1-10-6-9-7-4-2-3-5-8(7)10/h2-6H,1H3/i1D3. The van der Waals surface area contributed by atoms with Crippen molar-refractivity contribution in [2.45, 2.75) is 0 Å². The van der Waals surface area contributed by atoms with Crippen LogP contribution in [0.4, 0.5) is 0 Å². The van der Waals surface area contributed by atoms with Gasteiger partial charge in [0.1, 0.15) is 0 Å². The van der Waals surface area contributed by atoms with Gasteiger partial charge in [-0.1, -0.05) is 12.1 Å². The first-order valence-corrected chi connectivity index (χ1v) is 3.01. The molecule has 0 saturated heterocycles. The van der Waals surface area contributed by atoms with Crippen LogP contribution in [0.25, 0.3) is 11.0 Å². The van der Waals surface area contributed by atoms with Crippen molar-refractivity contribution in [3.8, 4) is 0 Å². The van der Waals surface area contributed by atoms with Crippen LogP contribution in [-0.4, -0.2) is 9.55 Å². The van der Waals surface area contributed by atoms with Gasteiger partial charge in [-0.3, -0.25) is 0 Å². The van der Waals surface area contributed by atoms with Gasteiger partial charge in [0, 0.05) is 11.1 Å². The summed E-state index contributed by atoms with van der Waals surface area (Å²) in [6, 6.07) is 7.16. The molecule has 0 fully saturated rings. The summed E-state index contributed by atoms with van der Waals surface area (Å²) in [6.45, 7) is -2.14. The summed E-state index contributed by atoms with van der Waals surface area (Å²) in [7, 11) is 0. The largest absolute Gasteiger partial charge is 0.334 e. The first kappa shape index (κ1) is 3.19. The fraction of sp³-hybridized carbons (Fsp3) is 0.125. The van der Waals surface area contributed by atoms with E-state index in [1.807, 2.05) is 6.07 Å². The van der Waals surface area contributed by atoms with Gasteiger partial charge in [-0.05, 0) is 12.1 Å². The number of fused-ring (bicyclic) bond motifs is 1. The van der Waals surface area contributed by atoms with Crippen LogP contribution in [0.15, 0.2) is 30.6 Å². The van der Waals surface area contributed by atoms with E-state index in [1.165, 1.54) is 10.9 Å². The van der Waals surface area contributed by atoms with E-state index in [2.05, 4.69) is 4.98 Å². The highest BCUT2D eigenvalue weighted by Gasteiger charge is 1.93. The number of aryl methyl sites for hydroxylation is 1. The molecule has 0 radical (unpaired) electrons. The zero-order chi connectivity index (χ0) is 9.47. The van der Waals surface area contributed by atoms with Crippen LogP contribution in [0.3, 0.4) is 0 Å². The Kier molecular flexibility index (Phi) is 0.586. The van der Waals surface area contributed by atoms with E-state index in [1.54, 1.807) is 18.2 Å². The van der Waals surface area contributed by atoms with Gasteiger partial charge in [0.15, 0.2) is 0 Å². The number of hydrogen-bond acceptors (Lipinski definition) is 1. The number of hydrogen-bond donors (Lipinski definition) is 0. The molecule has 1 aromatic heterocycles. The second-order valence-corrected chi connectivity index (χ2v) is 2.10. The van der Waals surface area contributed by atoms with E-state index in [0.29, 0.717) is 11.0 Å². The lowest BCUT2D eigenvalue weighted by Gasteiger charge is -1.90. The predicted octanol–water partition coefficient (Wildman–Crippen LogP) is 1.57.